The molecular formula is C33H34N4O3. The van der Waals surface area contributed by atoms with E-state index in [2.05, 4.69) is 53.0 Å². The van der Waals surface area contributed by atoms with Crippen LogP contribution in [0, 0.1) is 0 Å². The second-order valence-electron chi connectivity index (χ2n) is 10.4. The standard InChI is InChI=1S/C33H34N4O3/c1-3-21-7-5-10-31(26(21)19-32(38)39-4-2)40-20-29-28-18-24(13-14-30(28)37(36-29)25-8-6-9-25)23-12-11-22-15-16-35-33(34)27(22)17-23/h5,7,10-18,25H,3-4,6,8-9,19-20H2,1-2H3,(H2,34,35). The van der Waals surface area contributed by atoms with Crippen LogP contribution in [-0.2, 0) is 29.0 Å². The fourth-order valence-corrected chi connectivity index (χ4v) is 5.55. The van der Waals surface area contributed by atoms with E-state index in [-0.39, 0.29) is 12.4 Å². The van der Waals surface area contributed by atoms with E-state index in [0.29, 0.717) is 30.8 Å². The van der Waals surface area contributed by atoms with Crippen LogP contribution in [0.1, 0.15) is 56.0 Å². The van der Waals surface area contributed by atoms with Crippen molar-refractivity contribution in [3.63, 3.8) is 0 Å². The summed E-state index contributed by atoms with van der Waals surface area (Å²) in [4.78, 5) is 16.6. The van der Waals surface area contributed by atoms with Gasteiger partial charge in [-0.25, -0.2) is 4.98 Å². The molecule has 0 unspecified atom stereocenters. The highest BCUT2D eigenvalue weighted by Gasteiger charge is 2.24. The first-order valence-electron chi connectivity index (χ1n) is 14.1. The molecule has 2 heterocycles. The quantitative estimate of drug-likeness (QED) is 0.209. The molecule has 40 heavy (non-hydrogen) atoms. The highest BCUT2D eigenvalue weighted by molar-refractivity contribution is 5.95. The molecule has 5 aromatic rings. The van der Waals surface area contributed by atoms with E-state index in [1.54, 1.807) is 6.20 Å². The van der Waals surface area contributed by atoms with Gasteiger partial charge in [-0.3, -0.25) is 9.48 Å². The monoisotopic (exact) mass is 534 g/mol. The van der Waals surface area contributed by atoms with Gasteiger partial charge in [-0.2, -0.15) is 5.10 Å². The lowest BCUT2D eigenvalue weighted by Crippen LogP contribution is -2.18. The SMILES string of the molecule is CCOC(=O)Cc1c(CC)cccc1OCc1nn(C2CCC2)c2ccc(-c3ccc4ccnc(N)c4c3)cc12. The largest absolute Gasteiger partial charge is 0.487 e. The van der Waals surface area contributed by atoms with Gasteiger partial charge in [0.15, 0.2) is 0 Å². The minimum Gasteiger partial charge on any atom is -0.487 e. The van der Waals surface area contributed by atoms with E-state index in [4.69, 9.17) is 20.3 Å². The fraction of sp³-hybridized carbons (Fsp3) is 0.303. The molecule has 7 heteroatoms. The Kier molecular flexibility index (Phi) is 7.11. The number of hydrogen-bond acceptors (Lipinski definition) is 6. The molecule has 1 fully saturated rings. The molecule has 0 amide bonds. The number of anilines is 1. The number of carbonyl (C=O) groups excluding carboxylic acids is 1. The second-order valence-corrected chi connectivity index (χ2v) is 10.4. The summed E-state index contributed by atoms with van der Waals surface area (Å²) < 4.78 is 13.8. The van der Waals surface area contributed by atoms with Crippen LogP contribution >= 0.6 is 0 Å². The molecule has 2 aromatic heterocycles. The number of esters is 1. The predicted molar refractivity (Wildman–Crippen MR) is 158 cm³/mol. The third kappa shape index (κ3) is 4.88. The molecule has 204 valence electrons. The molecule has 1 saturated carbocycles. The van der Waals surface area contributed by atoms with Gasteiger partial charge in [0, 0.05) is 22.5 Å². The van der Waals surface area contributed by atoms with Gasteiger partial charge in [-0.1, -0.05) is 37.3 Å². The highest BCUT2D eigenvalue weighted by Crippen LogP contribution is 2.37. The van der Waals surface area contributed by atoms with Crippen LogP contribution in [0.15, 0.2) is 66.9 Å². The van der Waals surface area contributed by atoms with Crippen molar-refractivity contribution in [3.8, 4) is 16.9 Å². The number of pyridine rings is 1. The first kappa shape index (κ1) is 25.9. The summed E-state index contributed by atoms with van der Waals surface area (Å²) in [7, 11) is 0. The molecule has 0 spiro atoms. The maximum atomic E-state index is 12.4. The van der Waals surface area contributed by atoms with Crippen LogP contribution < -0.4 is 10.5 Å². The van der Waals surface area contributed by atoms with Crippen molar-refractivity contribution in [2.24, 2.45) is 0 Å². The van der Waals surface area contributed by atoms with Gasteiger partial charge in [0.1, 0.15) is 23.9 Å². The maximum absolute atomic E-state index is 12.4. The normalized spacial score (nSPS) is 13.4. The number of nitrogen functional groups attached to an aromatic ring is 1. The summed E-state index contributed by atoms with van der Waals surface area (Å²) >= 11 is 0. The zero-order valence-corrected chi connectivity index (χ0v) is 23.0. The summed E-state index contributed by atoms with van der Waals surface area (Å²) in [6, 6.07) is 21.2. The number of rotatable bonds is 9. The molecule has 0 saturated heterocycles. The van der Waals surface area contributed by atoms with Gasteiger partial charge in [-0.05, 0) is 85.0 Å². The van der Waals surface area contributed by atoms with Crippen LogP contribution in [-0.4, -0.2) is 27.3 Å². The molecule has 0 aliphatic heterocycles. The summed E-state index contributed by atoms with van der Waals surface area (Å²) in [6.07, 6.45) is 6.23. The Balaban J connectivity index is 1.37. The summed E-state index contributed by atoms with van der Waals surface area (Å²) in [5.41, 5.74) is 12.3. The number of hydrogen-bond donors (Lipinski definition) is 1. The molecule has 6 rings (SSSR count). The molecule has 2 N–H and O–H groups in total. The van der Waals surface area contributed by atoms with E-state index in [0.717, 1.165) is 68.9 Å². The number of benzene rings is 3. The second kappa shape index (κ2) is 11.0. The Bertz CT molecular complexity index is 1700. The summed E-state index contributed by atoms with van der Waals surface area (Å²) in [5, 5.41) is 8.14. The van der Waals surface area contributed by atoms with Crippen molar-refractivity contribution in [1.29, 1.82) is 0 Å². The number of aromatic nitrogens is 3. The summed E-state index contributed by atoms with van der Waals surface area (Å²) in [6.45, 7) is 4.57. The van der Waals surface area contributed by atoms with Crippen LogP contribution in [0.25, 0.3) is 32.8 Å². The minimum absolute atomic E-state index is 0.189. The molecular weight excluding hydrogens is 500 g/mol. The molecule has 1 aliphatic rings. The lowest BCUT2D eigenvalue weighted by molar-refractivity contribution is -0.142. The zero-order chi connectivity index (χ0) is 27.6. The van der Waals surface area contributed by atoms with Crippen molar-refractivity contribution in [2.45, 2.75) is 58.6 Å². The number of aryl methyl sites for hydroxylation is 1. The van der Waals surface area contributed by atoms with Crippen molar-refractivity contribution in [3.05, 3.63) is 83.7 Å². The zero-order valence-electron chi connectivity index (χ0n) is 23.0. The van der Waals surface area contributed by atoms with E-state index in [1.165, 1.54) is 6.42 Å². The first-order chi connectivity index (χ1) is 19.6. The van der Waals surface area contributed by atoms with Gasteiger partial charge in [0.05, 0.1) is 24.6 Å². The van der Waals surface area contributed by atoms with Gasteiger partial charge in [-0.15, -0.1) is 0 Å². The van der Waals surface area contributed by atoms with E-state index in [1.807, 2.05) is 31.2 Å². The molecule has 0 radical (unpaired) electrons. The highest BCUT2D eigenvalue weighted by atomic mass is 16.5. The Morgan fingerprint density at radius 3 is 2.58 bits per heavy atom. The molecule has 1 aliphatic carbocycles. The van der Waals surface area contributed by atoms with E-state index >= 15 is 0 Å². The fourth-order valence-electron chi connectivity index (χ4n) is 5.55. The lowest BCUT2D eigenvalue weighted by atomic mass is 9.93. The van der Waals surface area contributed by atoms with Crippen molar-refractivity contribution in [2.75, 3.05) is 12.3 Å². The topological polar surface area (TPSA) is 92.3 Å². The van der Waals surface area contributed by atoms with Gasteiger partial charge < -0.3 is 15.2 Å². The van der Waals surface area contributed by atoms with Crippen LogP contribution in [0.2, 0.25) is 0 Å². The molecule has 7 nitrogen and oxygen atoms in total. The average molecular weight is 535 g/mol. The van der Waals surface area contributed by atoms with Crippen LogP contribution in [0.5, 0.6) is 5.75 Å². The number of nitrogens with two attached hydrogens (primary N) is 1. The Labute approximate surface area is 233 Å². The predicted octanol–water partition coefficient (Wildman–Crippen LogP) is 6.81. The molecule has 0 atom stereocenters. The van der Waals surface area contributed by atoms with Crippen LogP contribution in [0.3, 0.4) is 0 Å². The van der Waals surface area contributed by atoms with Gasteiger partial charge in [0.2, 0.25) is 0 Å². The van der Waals surface area contributed by atoms with Gasteiger partial charge in [0.25, 0.3) is 0 Å². The minimum atomic E-state index is -0.246. The first-order valence-corrected chi connectivity index (χ1v) is 14.1. The number of ether oxygens (including phenoxy) is 2. The molecule has 3 aromatic carbocycles. The van der Waals surface area contributed by atoms with Crippen molar-refractivity contribution >= 4 is 33.5 Å². The Morgan fingerprint density at radius 1 is 1.02 bits per heavy atom. The molecule has 0 bridgehead atoms. The lowest BCUT2D eigenvalue weighted by Gasteiger charge is -2.26. The van der Waals surface area contributed by atoms with Crippen molar-refractivity contribution in [1.82, 2.24) is 14.8 Å². The summed E-state index contributed by atoms with van der Waals surface area (Å²) in [5.74, 6) is 0.983. The number of carbonyl (C=O) groups is 1. The number of nitrogens with zero attached hydrogens (tertiary/aromatic N) is 3. The third-order valence-corrected chi connectivity index (χ3v) is 7.94. The Hall–Kier alpha value is -4.39. The van der Waals surface area contributed by atoms with Crippen LogP contribution in [0.4, 0.5) is 5.82 Å². The van der Waals surface area contributed by atoms with Crippen molar-refractivity contribution < 1.29 is 14.3 Å². The smallest absolute Gasteiger partial charge is 0.310 e. The van der Waals surface area contributed by atoms with E-state index in [9.17, 15) is 4.79 Å². The average Bonchev–Trinajstić information content (AvgIpc) is 3.28. The van der Waals surface area contributed by atoms with Gasteiger partial charge >= 0.3 is 5.97 Å². The van der Waals surface area contributed by atoms with E-state index < -0.39 is 0 Å². The third-order valence-electron chi connectivity index (χ3n) is 7.94. The maximum Gasteiger partial charge on any atom is 0.310 e. The Morgan fingerprint density at radius 2 is 1.82 bits per heavy atom. The number of fused-ring (bicyclic) bond motifs is 2.